The van der Waals surface area contributed by atoms with E-state index in [1.165, 1.54) is 6.07 Å². The van der Waals surface area contributed by atoms with Crippen LogP contribution >= 0.6 is 15.9 Å². The number of benzene rings is 3. The van der Waals surface area contributed by atoms with Crippen molar-refractivity contribution in [1.82, 2.24) is 4.72 Å². The van der Waals surface area contributed by atoms with Crippen molar-refractivity contribution in [2.45, 2.75) is 23.7 Å². The van der Waals surface area contributed by atoms with E-state index in [4.69, 9.17) is 4.74 Å². The molecule has 144 valence electrons. The molecule has 3 aromatic rings. The lowest BCUT2D eigenvalue weighted by Crippen LogP contribution is -2.34. The van der Waals surface area contributed by atoms with Crippen molar-refractivity contribution in [3.05, 3.63) is 70.2 Å². The molecule has 0 bridgehead atoms. The van der Waals surface area contributed by atoms with Gasteiger partial charge in [0.15, 0.2) is 0 Å². The Labute approximate surface area is 171 Å². The number of carbonyl (C=O) groups excluding carboxylic acids is 1. The van der Waals surface area contributed by atoms with Gasteiger partial charge in [-0.05, 0) is 42.0 Å². The first-order valence-corrected chi connectivity index (χ1v) is 11.1. The second-order valence-electron chi connectivity index (χ2n) is 6.68. The summed E-state index contributed by atoms with van der Waals surface area (Å²) in [6, 6.07) is 15.9. The van der Waals surface area contributed by atoms with Crippen LogP contribution in [0.25, 0.3) is 10.8 Å². The SMILES string of the molecule is COc1ccc(Br)c2c1C(C(=O)NS(=O)(=O)c1cccc3ccccc13)CC2. The van der Waals surface area contributed by atoms with E-state index in [-0.39, 0.29) is 4.90 Å². The molecule has 4 rings (SSSR count). The first-order chi connectivity index (χ1) is 13.4. The third kappa shape index (κ3) is 3.18. The largest absolute Gasteiger partial charge is 0.496 e. The van der Waals surface area contributed by atoms with Crippen molar-refractivity contribution >= 4 is 42.6 Å². The topological polar surface area (TPSA) is 72.5 Å². The number of fused-ring (bicyclic) bond motifs is 2. The lowest BCUT2D eigenvalue weighted by atomic mass is 10.00. The van der Waals surface area contributed by atoms with Gasteiger partial charge in [-0.3, -0.25) is 4.79 Å². The van der Waals surface area contributed by atoms with Crippen LogP contribution < -0.4 is 9.46 Å². The van der Waals surface area contributed by atoms with Crippen molar-refractivity contribution in [3.63, 3.8) is 0 Å². The van der Waals surface area contributed by atoms with Crippen LogP contribution in [-0.4, -0.2) is 21.4 Å². The predicted molar refractivity (Wildman–Crippen MR) is 111 cm³/mol. The zero-order valence-electron chi connectivity index (χ0n) is 15.1. The van der Waals surface area contributed by atoms with Crippen LogP contribution in [0.3, 0.4) is 0 Å². The summed E-state index contributed by atoms with van der Waals surface area (Å²) < 4.78 is 34.5. The normalized spacial score (nSPS) is 16.0. The number of hydrogen-bond donors (Lipinski definition) is 1. The fourth-order valence-corrected chi connectivity index (χ4v) is 5.61. The molecule has 0 fully saturated rings. The summed E-state index contributed by atoms with van der Waals surface area (Å²) in [5.41, 5.74) is 1.74. The Morgan fingerprint density at radius 2 is 1.86 bits per heavy atom. The maximum atomic E-state index is 13.0. The summed E-state index contributed by atoms with van der Waals surface area (Å²) in [6.07, 6.45) is 1.21. The molecular formula is C21H18BrNO4S. The third-order valence-electron chi connectivity index (χ3n) is 5.10. The number of ether oxygens (including phenoxy) is 1. The molecule has 1 aliphatic carbocycles. The number of halogens is 1. The molecule has 1 unspecified atom stereocenters. The Balaban J connectivity index is 1.70. The Morgan fingerprint density at radius 3 is 2.64 bits per heavy atom. The molecule has 1 N–H and O–H groups in total. The van der Waals surface area contributed by atoms with Crippen molar-refractivity contribution in [2.24, 2.45) is 0 Å². The van der Waals surface area contributed by atoms with Crippen LogP contribution in [0.4, 0.5) is 0 Å². The van der Waals surface area contributed by atoms with E-state index in [0.717, 1.165) is 21.0 Å². The van der Waals surface area contributed by atoms with Gasteiger partial charge in [-0.25, -0.2) is 13.1 Å². The van der Waals surface area contributed by atoms with Gasteiger partial charge in [0, 0.05) is 15.4 Å². The Hall–Kier alpha value is -2.38. The molecule has 0 aliphatic heterocycles. The summed E-state index contributed by atoms with van der Waals surface area (Å²) >= 11 is 3.51. The average Bonchev–Trinajstić information content (AvgIpc) is 3.14. The lowest BCUT2D eigenvalue weighted by Gasteiger charge is -2.16. The molecule has 0 saturated heterocycles. The quantitative estimate of drug-likeness (QED) is 0.635. The number of rotatable bonds is 4. The maximum absolute atomic E-state index is 13.0. The van der Waals surface area contributed by atoms with Crippen molar-refractivity contribution in [1.29, 1.82) is 0 Å². The number of methoxy groups -OCH3 is 1. The van der Waals surface area contributed by atoms with Crippen LogP contribution in [0, 0.1) is 0 Å². The van der Waals surface area contributed by atoms with Gasteiger partial charge < -0.3 is 4.74 Å². The standard InChI is InChI=1S/C21H18BrNO4S/c1-27-18-12-11-17(22)15-9-10-16(20(15)18)21(24)23-28(25,26)19-8-4-6-13-5-2-3-7-14(13)19/h2-8,11-12,16H,9-10H2,1H3,(H,23,24). The second-order valence-corrected chi connectivity index (χ2v) is 9.19. The molecule has 28 heavy (non-hydrogen) atoms. The predicted octanol–water partition coefficient (Wildman–Crippen LogP) is 4.15. The Bertz CT molecular complexity index is 1180. The number of carbonyl (C=O) groups is 1. The zero-order valence-corrected chi connectivity index (χ0v) is 17.5. The minimum absolute atomic E-state index is 0.0957. The summed E-state index contributed by atoms with van der Waals surface area (Å²) in [5, 5.41) is 1.38. The van der Waals surface area contributed by atoms with Crippen LogP contribution in [0.1, 0.15) is 23.5 Å². The summed E-state index contributed by atoms with van der Waals surface area (Å²) in [4.78, 5) is 13.0. The molecule has 1 atom stereocenters. The van der Waals surface area contributed by atoms with E-state index in [9.17, 15) is 13.2 Å². The van der Waals surface area contributed by atoms with E-state index >= 15 is 0 Å². The van der Waals surface area contributed by atoms with Crippen molar-refractivity contribution in [3.8, 4) is 5.75 Å². The van der Waals surface area contributed by atoms with Crippen molar-refractivity contribution in [2.75, 3.05) is 7.11 Å². The van der Waals surface area contributed by atoms with Gasteiger partial charge in [-0.1, -0.05) is 52.3 Å². The van der Waals surface area contributed by atoms with E-state index in [1.807, 2.05) is 24.3 Å². The van der Waals surface area contributed by atoms with Crippen LogP contribution in [0.5, 0.6) is 5.75 Å². The zero-order chi connectivity index (χ0) is 19.9. The first-order valence-electron chi connectivity index (χ1n) is 8.82. The molecular weight excluding hydrogens is 442 g/mol. The van der Waals surface area contributed by atoms with E-state index < -0.39 is 21.8 Å². The average molecular weight is 460 g/mol. The minimum Gasteiger partial charge on any atom is -0.496 e. The first kappa shape index (κ1) is 19.0. The lowest BCUT2D eigenvalue weighted by molar-refractivity contribution is -0.120. The van der Waals surface area contributed by atoms with Crippen LogP contribution in [0.15, 0.2) is 64.0 Å². The molecule has 7 heteroatoms. The molecule has 3 aromatic carbocycles. The Kier molecular flexibility index (Phi) is 4.89. The van der Waals surface area contributed by atoms with Gasteiger partial charge in [0.1, 0.15) is 5.75 Å². The number of sulfonamides is 1. The Morgan fingerprint density at radius 1 is 1.11 bits per heavy atom. The van der Waals surface area contributed by atoms with E-state index in [1.54, 1.807) is 31.4 Å². The maximum Gasteiger partial charge on any atom is 0.264 e. The molecule has 5 nitrogen and oxygen atoms in total. The molecule has 1 amide bonds. The third-order valence-corrected chi connectivity index (χ3v) is 7.25. The van der Waals surface area contributed by atoms with E-state index in [0.29, 0.717) is 24.0 Å². The van der Waals surface area contributed by atoms with Gasteiger partial charge in [-0.15, -0.1) is 0 Å². The molecule has 0 aromatic heterocycles. The van der Waals surface area contributed by atoms with Gasteiger partial charge in [0.05, 0.1) is 17.9 Å². The number of nitrogens with one attached hydrogen (secondary N) is 1. The summed E-state index contributed by atoms with van der Waals surface area (Å²) in [5.74, 6) is -0.520. The van der Waals surface area contributed by atoms with Gasteiger partial charge >= 0.3 is 0 Å². The van der Waals surface area contributed by atoms with Gasteiger partial charge in [-0.2, -0.15) is 0 Å². The molecule has 0 saturated carbocycles. The summed E-state index contributed by atoms with van der Waals surface area (Å²) in [7, 11) is -2.46. The van der Waals surface area contributed by atoms with E-state index in [2.05, 4.69) is 20.7 Å². The fraction of sp³-hybridized carbons (Fsp3) is 0.190. The van der Waals surface area contributed by atoms with Crippen molar-refractivity contribution < 1.29 is 17.9 Å². The highest BCUT2D eigenvalue weighted by Crippen LogP contribution is 2.43. The molecule has 0 spiro atoms. The molecule has 0 heterocycles. The molecule has 1 aliphatic rings. The summed E-state index contributed by atoms with van der Waals surface area (Å²) in [6.45, 7) is 0. The number of hydrogen-bond acceptors (Lipinski definition) is 4. The molecule has 0 radical (unpaired) electrons. The van der Waals surface area contributed by atoms with Crippen LogP contribution in [-0.2, 0) is 21.2 Å². The fourth-order valence-electron chi connectivity index (χ4n) is 3.81. The van der Waals surface area contributed by atoms with Gasteiger partial charge in [0.2, 0.25) is 5.91 Å². The monoisotopic (exact) mass is 459 g/mol. The number of amides is 1. The second kappa shape index (κ2) is 7.22. The van der Waals surface area contributed by atoms with Gasteiger partial charge in [0.25, 0.3) is 10.0 Å². The highest BCUT2D eigenvalue weighted by atomic mass is 79.9. The highest BCUT2D eigenvalue weighted by Gasteiger charge is 2.35. The van der Waals surface area contributed by atoms with Crippen LogP contribution in [0.2, 0.25) is 0 Å². The highest BCUT2D eigenvalue weighted by molar-refractivity contribution is 9.10. The smallest absolute Gasteiger partial charge is 0.264 e. The minimum atomic E-state index is -4.01.